The number of rotatable bonds is 7. The largest absolute Gasteiger partial charge is 0.507 e. The van der Waals surface area contributed by atoms with Gasteiger partial charge in [0, 0.05) is 32.7 Å². The standard InChI is InChI=1S/C28H30O4/c1-5-13-31-23-15-21(27(29)19-11-7-9-17(3)25(19)23)22-16-24(32-14-6-2)26-18(4)10-8-12-20(26)28(22)30/h7-12,15-16,29-30H,5-6,13-14H2,1-4H3. The molecule has 4 rings (SSSR count). The first kappa shape index (κ1) is 21.8. The number of aryl methyl sites for hydroxylation is 2. The quantitative estimate of drug-likeness (QED) is 0.324. The van der Waals surface area contributed by atoms with Crippen LogP contribution in [0.1, 0.15) is 37.8 Å². The molecule has 0 aliphatic rings. The van der Waals surface area contributed by atoms with E-state index in [2.05, 4.69) is 13.8 Å². The van der Waals surface area contributed by atoms with Crippen molar-refractivity contribution < 1.29 is 19.7 Å². The first-order valence-electron chi connectivity index (χ1n) is 11.2. The van der Waals surface area contributed by atoms with Crippen molar-refractivity contribution in [2.75, 3.05) is 13.2 Å². The second-order valence-corrected chi connectivity index (χ2v) is 8.23. The van der Waals surface area contributed by atoms with Crippen molar-refractivity contribution in [2.24, 2.45) is 0 Å². The highest BCUT2D eigenvalue weighted by molar-refractivity contribution is 6.05. The maximum atomic E-state index is 11.3. The topological polar surface area (TPSA) is 58.9 Å². The van der Waals surface area contributed by atoms with Gasteiger partial charge in [0.25, 0.3) is 0 Å². The van der Waals surface area contributed by atoms with Crippen LogP contribution in [0.15, 0.2) is 48.5 Å². The van der Waals surface area contributed by atoms with E-state index in [0.717, 1.165) is 34.7 Å². The highest BCUT2D eigenvalue weighted by atomic mass is 16.5. The molecule has 166 valence electrons. The molecule has 0 heterocycles. The van der Waals surface area contributed by atoms with Crippen LogP contribution >= 0.6 is 0 Å². The zero-order valence-corrected chi connectivity index (χ0v) is 19.2. The first-order valence-corrected chi connectivity index (χ1v) is 11.2. The lowest BCUT2D eigenvalue weighted by atomic mass is 9.93. The second-order valence-electron chi connectivity index (χ2n) is 8.23. The fraction of sp³-hybridized carbons (Fsp3) is 0.286. The van der Waals surface area contributed by atoms with E-state index in [-0.39, 0.29) is 11.5 Å². The predicted octanol–water partition coefficient (Wildman–Crippen LogP) is 7.27. The minimum Gasteiger partial charge on any atom is -0.507 e. The lowest BCUT2D eigenvalue weighted by Gasteiger charge is -2.19. The summed E-state index contributed by atoms with van der Waals surface area (Å²) in [6.45, 7) is 9.28. The van der Waals surface area contributed by atoms with Crippen LogP contribution in [-0.2, 0) is 0 Å². The van der Waals surface area contributed by atoms with E-state index in [1.54, 1.807) is 0 Å². The molecule has 4 heteroatoms. The number of benzene rings is 4. The lowest BCUT2D eigenvalue weighted by Crippen LogP contribution is -1.99. The zero-order chi connectivity index (χ0) is 22.8. The predicted molar refractivity (Wildman–Crippen MR) is 131 cm³/mol. The summed E-state index contributed by atoms with van der Waals surface area (Å²) in [6.07, 6.45) is 1.75. The molecule has 32 heavy (non-hydrogen) atoms. The zero-order valence-electron chi connectivity index (χ0n) is 19.2. The summed E-state index contributed by atoms with van der Waals surface area (Å²) in [5.41, 5.74) is 3.11. The van der Waals surface area contributed by atoms with Crippen LogP contribution in [0.2, 0.25) is 0 Å². The van der Waals surface area contributed by atoms with Crippen LogP contribution in [0, 0.1) is 13.8 Å². The molecule has 4 aromatic carbocycles. The van der Waals surface area contributed by atoms with Crippen LogP contribution in [0.5, 0.6) is 23.0 Å². The molecule has 0 fully saturated rings. The summed E-state index contributed by atoms with van der Waals surface area (Å²) in [6, 6.07) is 15.3. The van der Waals surface area contributed by atoms with E-state index in [4.69, 9.17) is 9.47 Å². The third kappa shape index (κ3) is 3.70. The Hall–Kier alpha value is -3.40. The Kier molecular flexibility index (Phi) is 6.13. The maximum absolute atomic E-state index is 11.3. The summed E-state index contributed by atoms with van der Waals surface area (Å²) in [4.78, 5) is 0. The number of hydrogen-bond acceptors (Lipinski definition) is 4. The molecule has 0 spiro atoms. The molecule has 0 bridgehead atoms. The average molecular weight is 431 g/mol. The summed E-state index contributed by atoms with van der Waals surface area (Å²) in [7, 11) is 0. The van der Waals surface area contributed by atoms with Gasteiger partial charge in [0.15, 0.2) is 0 Å². The van der Waals surface area contributed by atoms with Gasteiger partial charge in [0.2, 0.25) is 0 Å². The lowest BCUT2D eigenvalue weighted by molar-refractivity contribution is 0.320. The van der Waals surface area contributed by atoms with Gasteiger partial charge in [0.1, 0.15) is 23.0 Å². The van der Waals surface area contributed by atoms with Crippen molar-refractivity contribution in [3.05, 3.63) is 59.7 Å². The molecular weight excluding hydrogens is 400 g/mol. The molecule has 0 radical (unpaired) electrons. The first-order chi connectivity index (χ1) is 15.5. The van der Waals surface area contributed by atoms with Crippen LogP contribution in [-0.4, -0.2) is 23.4 Å². The number of fused-ring (bicyclic) bond motifs is 2. The monoisotopic (exact) mass is 430 g/mol. The molecule has 0 aliphatic carbocycles. The van der Waals surface area contributed by atoms with Crippen LogP contribution < -0.4 is 9.47 Å². The van der Waals surface area contributed by atoms with Gasteiger partial charge in [-0.2, -0.15) is 0 Å². The van der Waals surface area contributed by atoms with Crippen molar-refractivity contribution in [3.8, 4) is 34.1 Å². The van der Waals surface area contributed by atoms with Crippen molar-refractivity contribution in [2.45, 2.75) is 40.5 Å². The Labute approximate surface area is 189 Å². The fourth-order valence-electron chi connectivity index (χ4n) is 4.28. The highest BCUT2D eigenvalue weighted by Gasteiger charge is 2.21. The van der Waals surface area contributed by atoms with Crippen molar-refractivity contribution in [1.29, 1.82) is 0 Å². The van der Waals surface area contributed by atoms with Gasteiger partial charge in [-0.15, -0.1) is 0 Å². The van der Waals surface area contributed by atoms with Gasteiger partial charge in [0.05, 0.1) is 13.2 Å². The van der Waals surface area contributed by atoms with Crippen LogP contribution in [0.3, 0.4) is 0 Å². The Morgan fingerprint density at radius 2 is 1.06 bits per heavy atom. The van der Waals surface area contributed by atoms with Gasteiger partial charge in [-0.3, -0.25) is 0 Å². The molecule has 0 atom stereocenters. The van der Waals surface area contributed by atoms with E-state index in [1.165, 1.54) is 0 Å². The van der Waals surface area contributed by atoms with Gasteiger partial charge in [-0.1, -0.05) is 50.2 Å². The summed E-state index contributed by atoms with van der Waals surface area (Å²) in [5, 5.41) is 25.8. The average Bonchev–Trinajstić information content (AvgIpc) is 2.79. The SMILES string of the molecule is CCCOc1cc(-c2cc(OCCC)c3c(C)cccc3c2O)c(O)c2cccc(C)c12. The third-order valence-electron chi connectivity index (χ3n) is 5.82. The van der Waals surface area contributed by atoms with Gasteiger partial charge in [-0.25, -0.2) is 0 Å². The molecule has 0 amide bonds. The molecule has 0 unspecified atom stereocenters. The highest BCUT2D eigenvalue weighted by Crippen LogP contribution is 2.49. The molecule has 0 aliphatic heterocycles. The smallest absolute Gasteiger partial charge is 0.131 e. The Morgan fingerprint density at radius 3 is 1.44 bits per heavy atom. The van der Waals surface area contributed by atoms with E-state index in [0.29, 0.717) is 46.6 Å². The van der Waals surface area contributed by atoms with Gasteiger partial charge >= 0.3 is 0 Å². The van der Waals surface area contributed by atoms with Gasteiger partial charge < -0.3 is 19.7 Å². The third-order valence-corrected chi connectivity index (χ3v) is 5.82. The van der Waals surface area contributed by atoms with E-state index in [1.807, 2.05) is 62.4 Å². The Balaban J connectivity index is 2.05. The van der Waals surface area contributed by atoms with Crippen LogP contribution in [0.4, 0.5) is 0 Å². The number of ether oxygens (including phenoxy) is 2. The number of phenols is 2. The van der Waals surface area contributed by atoms with E-state index >= 15 is 0 Å². The van der Waals surface area contributed by atoms with Gasteiger partial charge in [-0.05, 0) is 49.9 Å². The molecule has 0 saturated carbocycles. The minimum absolute atomic E-state index is 0.122. The maximum Gasteiger partial charge on any atom is 0.131 e. The van der Waals surface area contributed by atoms with Crippen molar-refractivity contribution >= 4 is 21.5 Å². The van der Waals surface area contributed by atoms with E-state index in [9.17, 15) is 10.2 Å². The second kappa shape index (κ2) is 8.99. The molecule has 0 aromatic heterocycles. The molecule has 4 aromatic rings. The fourth-order valence-corrected chi connectivity index (χ4v) is 4.28. The number of phenolic OH excluding ortho intramolecular Hbond substituents is 2. The number of hydrogen-bond donors (Lipinski definition) is 2. The van der Waals surface area contributed by atoms with Crippen molar-refractivity contribution in [1.82, 2.24) is 0 Å². The number of aromatic hydroxyl groups is 2. The summed E-state index contributed by atoms with van der Waals surface area (Å²) >= 11 is 0. The molecular formula is C28H30O4. The summed E-state index contributed by atoms with van der Waals surface area (Å²) in [5.74, 6) is 1.65. The minimum atomic E-state index is 0.122. The van der Waals surface area contributed by atoms with E-state index < -0.39 is 0 Å². The van der Waals surface area contributed by atoms with Crippen molar-refractivity contribution in [3.63, 3.8) is 0 Å². The summed E-state index contributed by atoms with van der Waals surface area (Å²) < 4.78 is 12.2. The Morgan fingerprint density at radius 1 is 0.656 bits per heavy atom. The van der Waals surface area contributed by atoms with Crippen LogP contribution in [0.25, 0.3) is 32.7 Å². The normalized spacial score (nSPS) is 11.2. The molecule has 0 saturated heterocycles. The molecule has 4 nitrogen and oxygen atoms in total. The Bertz CT molecular complexity index is 1190. The molecule has 2 N–H and O–H groups in total.